The Labute approximate surface area is 111 Å². The van der Waals surface area contributed by atoms with Gasteiger partial charge in [0.05, 0.1) is 0 Å². The fourth-order valence-corrected chi connectivity index (χ4v) is 3.39. The second kappa shape index (κ2) is 7.13. The van der Waals surface area contributed by atoms with Gasteiger partial charge >= 0.3 is 0 Å². The lowest BCUT2D eigenvalue weighted by Crippen LogP contribution is -2.38. The maximum absolute atomic E-state index is 11.9. The third kappa shape index (κ3) is 4.27. The summed E-state index contributed by atoms with van der Waals surface area (Å²) in [5, 5.41) is 6.61. The zero-order valence-electron chi connectivity index (χ0n) is 11.7. The van der Waals surface area contributed by atoms with E-state index in [1.165, 1.54) is 38.5 Å². The van der Waals surface area contributed by atoms with Gasteiger partial charge in [0.15, 0.2) is 0 Å². The average Bonchev–Trinajstić information content (AvgIpc) is 2.90. The topological polar surface area (TPSA) is 41.1 Å². The van der Waals surface area contributed by atoms with Gasteiger partial charge in [0.2, 0.25) is 5.91 Å². The molecular formula is C15H28N2O. The molecule has 2 rings (SSSR count). The van der Waals surface area contributed by atoms with E-state index in [1.807, 2.05) is 0 Å². The summed E-state index contributed by atoms with van der Waals surface area (Å²) in [6, 6.07) is 0.456. The SMILES string of the molecule is CCC1CCCC(NC(=O)CCC2CCNC2)C1. The zero-order chi connectivity index (χ0) is 12.8. The highest BCUT2D eigenvalue weighted by atomic mass is 16.1. The Morgan fingerprint density at radius 3 is 2.89 bits per heavy atom. The average molecular weight is 252 g/mol. The van der Waals surface area contributed by atoms with E-state index in [2.05, 4.69) is 17.6 Å². The van der Waals surface area contributed by atoms with Gasteiger partial charge in [-0.25, -0.2) is 0 Å². The summed E-state index contributed by atoms with van der Waals surface area (Å²) in [6.45, 7) is 4.50. The van der Waals surface area contributed by atoms with Crippen molar-refractivity contribution in [3.8, 4) is 0 Å². The van der Waals surface area contributed by atoms with Gasteiger partial charge in [-0.1, -0.05) is 26.2 Å². The largest absolute Gasteiger partial charge is 0.353 e. The van der Waals surface area contributed by atoms with Gasteiger partial charge in [-0.15, -0.1) is 0 Å². The van der Waals surface area contributed by atoms with Crippen molar-refractivity contribution in [2.24, 2.45) is 11.8 Å². The van der Waals surface area contributed by atoms with Gasteiger partial charge in [0.25, 0.3) is 0 Å². The quantitative estimate of drug-likeness (QED) is 0.789. The van der Waals surface area contributed by atoms with Crippen LogP contribution in [-0.4, -0.2) is 25.0 Å². The Bertz CT molecular complexity index is 261. The van der Waals surface area contributed by atoms with Crippen LogP contribution in [0.4, 0.5) is 0 Å². The second-order valence-corrected chi connectivity index (χ2v) is 6.10. The first-order chi connectivity index (χ1) is 8.78. The van der Waals surface area contributed by atoms with Crippen molar-refractivity contribution in [3.05, 3.63) is 0 Å². The van der Waals surface area contributed by atoms with E-state index in [0.29, 0.717) is 6.04 Å². The highest BCUT2D eigenvalue weighted by molar-refractivity contribution is 5.76. The van der Waals surface area contributed by atoms with Crippen molar-refractivity contribution in [1.29, 1.82) is 0 Å². The van der Waals surface area contributed by atoms with Gasteiger partial charge in [-0.05, 0) is 50.6 Å². The van der Waals surface area contributed by atoms with Crippen molar-refractivity contribution < 1.29 is 4.79 Å². The Kier molecular flexibility index (Phi) is 5.48. The molecule has 1 amide bonds. The van der Waals surface area contributed by atoms with Gasteiger partial charge in [-0.2, -0.15) is 0 Å². The molecule has 3 heteroatoms. The molecule has 0 bridgehead atoms. The molecule has 0 aromatic carbocycles. The molecule has 2 fully saturated rings. The molecule has 1 heterocycles. The highest BCUT2D eigenvalue weighted by Gasteiger charge is 2.22. The predicted molar refractivity (Wildman–Crippen MR) is 74.4 cm³/mol. The Morgan fingerprint density at radius 2 is 2.17 bits per heavy atom. The Hall–Kier alpha value is -0.570. The monoisotopic (exact) mass is 252 g/mol. The fraction of sp³-hybridized carbons (Fsp3) is 0.933. The van der Waals surface area contributed by atoms with Crippen LogP contribution in [0.3, 0.4) is 0 Å². The molecule has 3 nitrogen and oxygen atoms in total. The molecule has 1 aliphatic heterocycles. The van der Waals surface area contributed by atoms with Crippen LogP contribution in [0.2, 0.25) is 0 Å². The minimum Gasteiger partial charge on any atom is -0.353 e. The summed E-state index contributed by atoms with van der Waals surface area (Å²) in [6.07, 6.45) is 9.32. The van der Waals surface area contributed by atoms with Gasteiger partial charge in [-0.3, -0.25) is 4.79 Å². The molecule has 1 saturated carbocycles. The smallest absolute Gasteiger partial charge is 0.220 e. The van der Waals surface area contributed by atoms with Crippen LogP contribution in [0, 0.1) is 11.8 Å². The first-order valence-electron chi connectivity index (χ1n) is 7.78. The van der Waals surface area contributed by atoms with E-state index in [9.17, 15) is 4.79 Å². The van der Waals surface area contributed by atoms with E-state index in [0.717, 1.165) is 37.8 Å². The lowest BCUT2D eigenvalue weighted by molar-refractivity contribution is -0.122. The van der Waals surface area contributed by atoms with Crippen LogP contribution in [0.25, 0.3) is 0 Å². The number of amides is 1. The summed E-state index contributed by atoms with van der Waals surface area (Å²) < 4.78 is 0. The van der Waals surface area contributed by atoms with Crippen LogP contribution >= 0.6 is 0 Å². The van der Waals surface area contributed by atoms with Crippen LogP contribution in [0.1, 0.15) is 58.3 Å². The molecular weight excluding hydrogens is 224 g/mol. The van der Waals surface area contributed by atoms with Crippen molar-refractivity contribution in [2.45, 2.75) is 64.3 Å². The molecule has 3 unspecified atom stereocenters. The normalized spacial score (nSPS) is 32.4. The lowest BCUT2D eigenvalue weighted by Gasteiger charge is -2.29. The molecule has 0 aromatic rings. The number of carbonyl (C=O) groups is 1. The van der Waals surface area contributed by atoms with Gasteiger partial charge in [0, 0.05) is 12.5 Å². The first-order valence-corrected chi connectivity index (χ1v) is 7.78. The number of rotatable bonds is 5. The summed E-state index contributed by atoms with van der Waals surface area (Å²) in [4.78, 5) is 11.9. The van der Waals surface area contributed by atoms with Crippen molar-refractivity contribution in [3.63, 3.8) is 0 Å². The van der Waals surface area contributed by atoms with Crippen LogP contribution in [0.15, 0.2) is 0 Å². The molecule has 0 radical (unpaired) electrons. The Morgan fingerprint density at radius 1 is 1.28 bits per heavy atom. The maximum atomic E-state index is 11.9. The third-order valence-corrected chi connectivity index (χ3v) is 4.67. The second-order valence-electron chi connectivity index (χ2n) is 6.10. The molecule has 2 aliphatic rings. The predicted octanol–water partition coefficient (Wildman–Crippen LogP) is 2.46. The van der Waals surface area contributed by atoms with E-state index < -0.39 is 0 Å². The zero-order valence-corrected chi connectivity index (χ0v) is 11.7. The molecule has 0 spiro atoms. The van der Waals surface area contributed by atoms with Crippen LogP contribution in [0.5, 0.6) is 0 Å². The Balaban J connectivity index is 1.63. The molecule has 1 aliphatic carbocycles. The highest BCUT2D eigenvalue weighted by Crippen LogP contribution is 2.26. The van der Waals surface area contributed by atoms with Crippen LogP contribution < -0.4 is 10.6 Å². The molecule has 2 N–H and O–H groups in total. The summed E-state index contributed by atoms with van der Waals surface area (Å²) >= 11 is 0. The molecule has 1 saturated heterocycles. The number of hydrogen-bond donors (Lipinski definition) is 2. The number of hydrogen-bond acceptors (Lipinski definition) is 2. The molecule has 104 valence electrons. The minimum atomic E-state index is 0.281. The molecule has 18 heavy (non-hydrogen) atoms. The van der Waals surface area contributed by atoms with Crippen molar-refractivity contribution in [1.82, 2.24) is 10.6 Å². The minimum absolute atomic E-state index is 0.281. The third-order valence-electron chi connectivity index (χ3n) is 4.67. The van der Waals surface area contributed by atoms with E-state index in [1.54, 1.807) is 0 Å². The number of nitrogens with one attached hydrogen (secondary N) is 2. The first kappa shape index (κ1) is 13.9. The van der Waals surface area contributed by atoms with E-state index in [4.69, 9.17) is 0 Å². The summed E-state index contributed by atoms with van der Waals surface area (Å²) in [5.41, 5.74) is 0. The van der Waals surface area contributed by atoms with Gasteiger partial charge < -0.3 is 10.6 Å². The lowest BCUT2D eigenvalue weighted by atomic mass is 9.84. The molecule has 3 atom stereocenters. The summed E-state index contributed by atoms with van der Waals surface area (Å²) in [7, 11) is 0. The van der Waals surface area contributed by atoms with E-state index in [-0.39, 0.29) is 5.91 Å². The maximum Gasteiger partial charge on any atom is 0.220 e. The van der Waals surface area contributed by atoms with Gasteiger partial charge in [0.1, 0.15) is 0 Å². The standard InChI is InChI=1S/C15H28N2O/c1-2-12-4-3-5-14(10-12)17-15(18)7-6-13-8-9-16-11-13/h12-14,16H,2-11H2,1H3,(H,17,18). The van der Waals surface area contributed by atoms with Crippen molar-refractivity contribution in [2.75, 3.05) is 13.1 Å². The van der Waals surface area contributed by atoms with Crippen molar-refractivity contribution >= 4 is 5.91 Å². The molecule has 0 aromatic heterocycles. The van der Waals surface area contributed by atoms with E-state index >= 15 is 0 Å². The van der Waals surface area contributed by atoms with Crippen LogP contribution in [-0.2, 0) is 4.79 Å². The number of carbonyl (C=O) groups excluding carboxylic acids is 1. The summed E-state index contributed by atoms with van der Waals surface area (Å²) in [5.74, 6) is 1.84. The fourth-order valence-electron chi connectivity index (χ4n) is 3.39.